The number of benzene rings is 2. The summed E-state index contributed by atoms with van der Waals surface area (Å²) in [6.45, 7) is 6.05. The summed E-state index contributed by atoms with van der Waals surface area (Å²) >= 11 is 6.25. The predicted molar refractivity (Wildman–Crippen MR) is 125 cm³/mol. The second-order valence-electron chi connectivity index (χ2n) is 8.54. The Morgan fingerprint density at radius 3 is 2.55 bits per heavy atom. The molecular weight excluding hydrogens is 412 g/mol. The lowest BCUT2D eigenvalue weighted by molar-refractivity contribution is -0.118. The van der Waals surface area contributed by atoms with Crippen LogP contribution in [0.5, 0.6) is 5.75 Å². The number of hydrogen-bond acceptors (Lipinski definition) is 3. The Morgan fingerprint density at radius 1 is 1.10 bits per heavy atom. The molecule has 0 aromatic heterocycles. The number of nitrogens with one attached hydrogen (secondary N) is 2. The molecule has 166 valence electrons. The van der Waals surface area contributed by atoms with Crippen molar-refractivity contribution in [3.05, 3.63) is 58.1 Å². The van der Waals surface area contributed by atoms with Gasteiger partial charge in [-0.05, 0) is 61.1 Å². The van der Waals surface area contributed by atoms with Gasteiger partial charge in [0.15, 0.2) is 6.61 Å². The zero-order valence-corrected chi connectivity index (χ0v) is 19.2. The molecule has 0 bridgehead atoms. The molecule has 2 aromatic rings. The minimum Gasteiger partial charge on any atom is -0.483 e. The maximum atomic E-state index is 12.7. The Labute approximate surface area is 189 Å². The van der Waals surface area contributed by atoms with Gasteiger partial charge in [0.25, 0.3) is 11.8 Å². The number of ether oxygens (including phenoxy) is 1. The number of anilines is 1. The van der Waals surface area contributed by atoms with E-state index in [1.807, 2.05) is 25.1 Å². The third kappa shape index (κ3) is 6.47. The average Bonchev–Trinajstić information content (AvgIpc) is 2.74. The van der Waals surface area contributed by atoms with Crippen LogP contribution in [0.1, 0.15) is 73.4 Å². The molecule has 0 aliphatic heterocycles. The van der Waals surface area contributed by atoms with E-state index < -0.39 is 0 Å². The van der Waals surface area contributed by atoms with Crippen LogP contribution in [-0.2, 0) is 4.79 Å². The van der Waals surface area contributed by atoms with Crippen LogP contribution in [0.25, 0.3) is 0 Å². The summed E-state index contributed by atoms with van der Waals surface area (Å²) in [5, 5.41) is 6.23. The van der Waals surface area contributed by atoms with Gasteiger partial charge in [-0.3, -0.25) is 9.59 Å². The molecule has 5 nitrogen and oxygen atoms in total. The van der Waals surface area contributed by atoms with Crippen LogP contribution in [-0.4, -0.2) is 24.5 Å². The van der Waals surface area contributed by atoms with Crippen LogP contribution in [0.2, 0.25) is 5.02 Å². The fourth-order valence-electron chi connectivity index (χ4n) is 3.87. The molecule has 2 N–H and O–H groups in total. The van der Waals surface area contributed by atoms with Gasteiger partial charge in [0.1, 0.15) is 5.75 Å². The van der Waals surface area contributed by atoms with Gasteiger partial charge in [-0.2, -0.15) is 0 Å². The van der Waals surface area contributed by atoms with Crippen molar-refractivity contribution in [2.45, 2.75) is 64.8 Å². The monoisotopic (exact) mass is 442 g/mol. The Kier molecular flexibility index (Phi) is 7.97. The second-order valence-corrected chi connectivity index (χ2v) is 8.94. The fraction of sp³-hybridized carbons (Fsp3) is 0.440. The quantitative estimate of drug-likeness (QED) is 0.565. The first-order valence-corrected chi connectivity index (χ1v) is 11.3. The van der Waals surface area contributed by atoms with Crippen molar-refractivity contribution in [1.29, 1.82) is 0 Å². The van der Waals surface area contributed by atoms with Crippen molar-refractivity contribution in [1.82, 2.24) is 5.32 Å². The summed E-state index contributed by atoms with van der Waals surface area (Å²) in [5.74, 6) is 0.511. The summed E-state index contributed by atoms with van der Waals surface area (Å²) in [6.07, 6.45) is 5.48. The SMILES string of the molecule is Cc1ccc(C(C)C)c(OCC(=O)Nc2ccc(Cl)c(C(=O)NC3CCCCC3)c2)c1. The molecule has 0 radical (unpaired) electrons. The van der Waals surface area contributed by atoms with Crippen LogP contribution < -0.4 is 15.4 Å². The number of aryl methyl sites for hydroxylation is 1. The highest BCUT2D eigenvalue weighted by Crippen LogP contribution is 2.28. The van der Waals surface area contributed by atoms with Gasteiger partial charge in [0.05, 0.1) is 10.6 Å². The normalized spacial score (nSPS) is 14.4. The van der Waals surface area contributed by atoms with Gasteiger partial charge in [-0.25, -0.2) is 0 Å². The maximum Gasteiger partial charge on any atom is 0.262 e. The molecule has 6 heteroatoms. The molecule has 2 aromatic carbocycles. The lowest BCUT2D eigenvalue weighted by Gasteiger charge is -2.23. The van der Waals surface area contributed by atoms with Crippen molar-refractivity contribution in [3.8, 4) is 5.75 Å². The van der Waals surface area contributed by atoms with Gasteiger partial charge >= 0.3 is 0 Å². The largest absolute Gasteiger partial charge is 0.483 e. The molecule has 3 rings (SSSR count). The molecule has 0 atom stereocenters. The van der Waals surface area contributed by atoms with Crippen molar-refractivity contribution >= 4 is 29.1 Å². The van der Waals surface area contributed by atoms with E-state index in [-0.39, 0.29) is 24.5 Å². The van der Waals surface area contributed by atoms with Crippen LogP contribution in [0.3, 0.4) is 0 Å². The van der Waals surface area contributed by atoms with Crippen LogP contribution in [0, 0.1) is 6.92 Å². The fourth-order valence-corrected chi connectivity index (χ4v) is 4.07. The summed E-state index contributed by atoms with van der Waals surface area (Å²) in [6, 6.07) is 11.1. The molecular formula is C25H31ClN2O3. The summed E-state index contributed by atoms with van der Waals surface area (Å²) in [4.78, 5) is 25.1. The second kappa shape index (κ2) is 10.7. The first-order chi connectivity index (χ1) is 14.8. The summed E-state index contributed by atoms with van der Waals surface area (Å²) in [7, 11) is 0. The highest BCUT2D eigenvalue weighted by Gasteiger charge is 2.19. The van der Waals surface area contributed by atoms with Crippen LogP contribution in [0.15, 0.2) is 36.4 Å². The van der Waals surface area contributed by atoms with Crippen LogP contribution >= 0.6 is 11.6 Å². The first-order valence-electron chi connectivity index (χ1n) is 11.0. The first kappa shape index (κ1) is 23.1. The standard InChI is InChI=1S/C25H31ClN2O3/c1-16(2)20-11-9-17(3)13-23(20)31-15-24(29)27-19-10-12-22(26)21(14-19)25(30)28-18-7-5-4-6-8-18/h9-14,16,18H,4-8,15H2,1-3H3,(H,27,29)(H,28,30). The van der Waals surface area contributed by atoms with E-state index in [1.165, 1.54) is 6.42 Å². The molecule has 1 fully saturated rings. The van der Waals surface area contributed by atoms with Crippen molar-refractivity contribution in [2.24, 2.45) is 0 Å². The van der Waals surface area contributed by atoms with E-state index in [1.54, 1.807) is 18.2 Å². The molecule has 0 unspecified atom stereocenters. The third-order valence-electron chi connectivity index (χ3n) is 5.58. The zero-order chi connectivity index (χ0) is 22.4. The van der Waals surface area contributed by atoms with Gasteiger partial charge in [-0.1, -0.05) is 56.8 Å². The summed E-state index contributed by atoms with van der Waals surface area (Å²) in [5.41, 5.74) is 3.02. The van der Waals surface area contributed by atoms with E-state index in [0.29, 0.717) is 27.9 Å². The molecule has 0 spiro atoms. The number of carbonyl (C=O) groups excluding carboxylic acids is 2. The molecule has 2 amide bonds. The predicted octanol–water partition coefficient (Wildman–Crippen LogP) is 5.85. The smallest absolute Gasteiger partial charge is 0.262 e. The maximum absolute atomic E-state index is 12.7. The van der Waals surface area contributed by atoms with Crippen molar-refractivity contribution in [2.75, 3.05) is 11.9 Å². The van der Waals surface area contributed by atoms with Crippen LogP contribution in [0.4, 0.5) is 5.69 Å². The highest BCUT2D eigenvalue weighted by molar-refractivity contribution is 6.34. The number of amides is 2. The Balaban J connectivity index is 1.62. The Bertz CT molecular complexity index is 936. The minimum atomic E-state index is -0.294. The number of rotatable bonds is 7. The van der Waals surface area contributed by atoms with E-state index in [2.05, 4.69) is 24.5 Å². The lowest BCUT2D eigenvalue weighted by atomic mass is 9.95. The minimum absolute atomic E-state index is 0.116. The lowest BCUT2D eigenvalue weighted by Crippen LogP contribution is -2.36. The molecule has 1 aliphatic rings. The molecule has 31 heavy (non-hydrogen) atoms. The molecule has 0 heterocycles. The van der Waals surface area contributed by atoms with Crippen molar-refractivity contribution < 1.29 is 14.3 Å². The third-order valence-corrected chi connectivity index (χ3v) is 5.91. The topological polar surface area (TPSA) is 67.4 Å². The summed E-state index contributed by atoms with van der Waals surface area (Å²) < 4.78 is 5.80. The molecule has 1 saturated carbocycles. The number of hydrogen-bond donors (Lipinski definition) is 2. The van der Waals surface area contributed by atoms with Gasteiger partial charge in [0.2, 0.25) is 0 Å². The van der Waals surface area contributed by atoms with Gasteiger partial charge in [0, 0.05) is 11.7 Å². The van der Waals surface area contributed by atoms with E-state index in [9.17, 15) is 9.59 Å². The molecule has 0 saturated heterocycles. The number of carbonyl (C=O) groups is 2. The van der Waals surface area contributed by atoms with Crippen molar-refractivity contribution in [3.63, 3.8) is 0 Å². The highest BCUT2D eigenvalue weighted by atomic mass is 35.5. The zero-order valence-electron chi connectivity index (χ0n) is 18.5. The van der Waals surface area contributed by atoms with Gasteiger partial charge in [-0.15, -0.1) is 0 Å². The van der Waals surface area contributed by atoms with E-state index in [4.69, 9.17) is 16.3 Å². The number of halogens is 1. The Morgan fingerprint density at radius 2 is 1.84 bits per heavy atom. The average molecular weight is 443 g/mol. The Hall–Kier alpha value is -2.53. The van der Waals surface area contributed by atoms with E-state index in [0.717, 1.165) is 36.8 Å². The van der Waals surface area contributed by atoms with E-state index >= 15 is 0 Å². The van der Waals surface area contributed by atoms with Gasteiger partial charge < -0.3 is 15.4 Å². The molecule has 1 aliphatic carbocycles.